The van der Waals surface area contributed by atoms with Crippen molar-refractivity contribution in [3.8, 4) is 5.75 Å². The molecule has 0 aliphatic heterocycles. The van der Waals surface area contributed by atoms with Crippen molar-refractivity contribution < 1.29 is 14.3 Å². The van der Waals surface area contributed by atoms with Crippen molar-refractivity contribution in [1.29, 1.82) is 0 Å². The van der Waals surface area contributed by atoms with Gasteiger partial charge in [-0.25, -0.2) is 0 Å². The molecule has 1 aromatic carbocycles. The van der Waals surface area contributed by atoms with E-state index >= 15 is 0 Å². The van der Waals surface area contributed by atoms with Gasteiger partial charge in [-0.3, -0.25) is 9.79 Å². The number of benzene rings is 1. The van der Waals surface area contributed by atoms with Crippen LogP contribution in [-0.4, -0.2) is 39.2 Å². The van der Waals surface area contributed by atoms with E-state index in [0.717, 1.165) is 16.9 Å². The molecule has 1 aromatic rings. The molecule has 1 unspecified atom stereocenters. The molecule has 0 aliphatic carbocycles. The van der Waals surface area contributed by atoms with Gasteiger partial charge in [-0.15, -0.1) is 24.0 Å². The van der Waals surface area contributed by atoms with E-state index in [-0.39, 0.29) is 35.9 Å². The largest absolute Gasteiger partial charge is 0.494 e. The lowest BCUT2D eigenvalue weighted by Gasteiger charge is -2.16. The first kappa shape index (κ1) is 22.5. The van der Waals surface area contributed by atoms with E-state index in [4.69, 9.17) is 9.47 Å². The fraction of sp³-hybridized carbons (Fsp3) is 0.529. The van der Waals surface area contributed by atoms with Crippen molar-refractivity contribution in [3.05, 3.63) is 29.3 Å². The standard InChI is InChI=1S/C17H27N3O3.HI/c1-6-23-15-9-12(2)7-8-14(15)11-20-17(18-4)19-10-13(3)16(21)22-5;/h7-9,13H,6,10-11H2,1-5H3,(H2,18,19,20);1H. The van der Waals surface area contributed by atoms with E-state index < -0.39 is 0 Å². The minimum absolute atomic E-state index is 0. The second-order valence-electron chi connectivity index (χ2n) is 5.28. The highest BCUT2D eigenvalue weighted by molar-refractivity contribution is 14.0. The van der Waals surface area contributed by atoms with Gasteiger partial charge in [-0.05, 0) is 25.5 Å². The third kappa shape index (κ3) is 7.37. The lowest BCUT2D eigenvalue weighted by molar-refractivity contribution is -0.144. The molecule has 2 N–H and O–H groups in total. The normalized spacial score (nSPS) is 12.0. The summed E-state index contributed by atoms with van der Waals surface area (Å²) in [6, 6.07) is 6.11. The van der Waals surface area contributed by atoms with Gasteiger partial charge >= 0.3 is 5.97 Å². The Hall–Kier alpha value is -1.51. The summed E-state index contributed by atoms with van der Waals surface area (Å²) in [5, 5.41) is 6.34. The van der Waals surface area contributed by atoms with Gasteiger partial charge < -0.3 is 20.1 Å². The number of hydrogen-bond donors (Lipinski definition) is 2. The van der Waals surface area contributed by atoms with Crippen LogP contribution >= 0.6 is 24.0 Å². The van der Waals surface area contributed by atoms with E-state index in [0.29, 0.717) is 25.7 Å². The second-order valence-corrected chi connectivity index (χ2v) is 5.28. The molecule has 6 nitrogen and oxygen atoms in total. The molecule has 1 atom stereocenters. The van der Waals surface area contributed by atoms with Crippen LogP contribution in [0.5, 0.6) is 5.75 Å². The summed E-state index contributed by atoms with van der Waals surface area (Å²) in [6.45, 7) is 7.47. The third-order valence-corrected chi connectivity index (χ3v) is 3.37. The zero-order valence-electron chi connectivity index (χ0n) is 15.0. The van der Waals surface area contributed by atoms with E-state index in [1.165, 1.54) is 7.11 Å². The summed E-state index contributed by atoms with van der Waals surface area (Å²) in [4.78, 5) is 15.6. The molecule has 7 heteroatoms. The molecular formula is C17H28IN3O3. The number of rotatable bonds is 7. The Kier molecular flexibility index (Phi) is 11.2. The number of hydrogen-bond acceptors (Lipinski definition) is 4. The van der Waals surface area contributed by atoms with E-state index in [2.05, 4.69) is 21.7 Å². The zero-order valence-corrected chi connectivity index (χ0v) is 17.3. The van der Waals surface area contributed by atoms with Crippen LogP contribution in [0.2, 0.25) is 0 Å². The lowest BCUT2D eigenvalue weighted by atomic mass is 10.1. The van der Waals surface area contributed by atoms with Crippen LogP contribution < -0.4 is 15.4 Å². The van der Waals surface area contributed by atoms with Crippen LogP contribution in [0.25, 0.3) is 0 Å². The summed E-state index contributed by atoms with van der Waals surface area (Å²) in [6.07, 6.45) is 0. The molecule has 0 radical (unpaired) electrons. The Bertz CT molecular complexity index is 550. The monoisotopic (exact) mass is 449 g/mol. The molecule has 0 fully saturated rings. The summed E-state index contributed by atoms with van der Waals surface area (Å²) in [7, 11) is 3.08. The molecule has 0 spiro atoms. The van der Waals surface area contributed by atoms with Gasteiger partial charge in [-0.1, -0.05) is 19.1 Å². The quantitative estimate of drug-likeness (QED) is 0.290. The Morgan fingerprint density at radius 3 is 2.62 bits per heavy atom. The number of esters is 1. The minimum Gasteiger partial charge on any atom is -0.494 e. The third-order valence-electron chi connectivity index (χ3n) is 3.37. The number of halogens is 1. The zero-order chi connectivity index (χ0) is 17.2. The van der Waals surface area contributed by atoms with Gasteiger partial charge in [0.25, 0.3) is 0 Å². The van der Waals surface area contributed by atoms with E-state index in [1.54, 1.807) is 14.0 Å². The number of aliphatic imine (C=N–C) groups is 1. The van der Waals surface area contributed by atoms with Crippen molar-refractivity contribution in [1.82, 2.24) is 10.6 Å². The fourth-order valence-electron chi connectivity index (χ4n) is 2.03. The smallest absolute Gasteiger partial charge is 0.310 e. The Balaban J connectivity index is 0.00000529. The van der Waals surface area contributed by atoms with Crippen molar-refractivity contribution in [2.45, 2.75) is 27.3 Å². The topological polar surface area (TPSA) is 72.0 Å². The summed E-state index contributed by atoms with van der Waals surface area (Å²) in [5.41, 5.74) is 2.22. The molecule has 0 amide bonds. The van der Waals surface area contributed by atoms with Crippen LogP contribution in [0.15, 0.2) is 23.2 Å². The number of methoxy groups -OCH3 is 1. The van der Waals surface area contributed by atoms with Crippen molar-refractivity contribution >= 4 is 35.9 Å². The van der Waals surface area contributed by atoms with Crippen molar-refractivity contribution in [3.63, 3.8) is 0 Å². The number of guanidine groups is 1. The first-order valence-electron chi connectivity index (χ1n) is 7.76. The predicted octanol–water partition coefficient (Wildman–Crippen LogP) is 2.49. The maximum atomic E-state index is 11.4. The van der Waals surface area contributed by atoms with Crippen LogP contribution in [0, 0.1) is 12.8 Å². The Morgan fingerprint density at radius 1 is 1.33 bits per heavy atom. The van der Waals surface area contributed by atoms with E-state index in [9.17, 15) is 4.79 Å². The maximum absolute atomic E-state index is 11.4. The van der Waals surface area contributed by atoms with Crippen LogP contribution in [0.3, 0.4) is 0 Å². The van der Waals surface area contributed by atoms with Gasteiger partial charge in [0, 0.05) is 25.7 Å². The summed E-state index contributed by atoms with van der Waals surface area (Å²) in [5.74, 6) is 1.02. The van der Waals surface area contributed by atoms with Gasteiger partial charge in [0.2, 0.25) is 0 Å². The average Bonchev–Trinajstić information content (AvgIpc) is 2.55. The highest BCUT2D eigenvalue weighted by Gasteiger charge is 2.13. The van der Waals surface area contributed by atoms with Gasteiger partial charge in [-0.2, -0.15) is 0 Å². The molecule has 24 heavy (non-hydrogen) atoms. The van der Waals surface area contributed by atoms with Crippen molar-refractivity contribution in [2.75, 3.05) is 27.3 Å². The molecular weight excluding hydrogens is 421 g/mol. The van der Waals surface area contributed by atoms with E-state index in [1.807, 2.05) is 26.0 Å². The van der Waals surface area contributed by atoms with Gasteiger partial charge in [0.05, 0.1) is 19.6 Å². The van der Waals surface area contributed by atoms with Crippen molar-refractivity contribution in [2.24, 2.45) is 10.9 Å². The number of nitrogens with one attached hydrogen (secondary N) is 2. The van der Waals surface area contributed by atoms with Crippen LogP contribution in [-0.2, 0) is 16.1 Å². The number of carbonyl (C=O) groups is 1. The number of carbonyl (C=O) groups excluding carboxylic acids is 1. The number of nitrogens with zero attached hydrogens (tertiary/aromatic N) is 1. The second kappa shape index (κ2) is 11.9. The van der Waals surface area contributed by atoms with Crippen LogP contribution in [0.4, 0.5) is 0 Å². The van der Waals surface area contributed by atoms with Gasteiger partial charge in [0.1, 0.15) is 5.75 Å². The lowest BCUT2D eigenvalue weighted by Crippen LogP contribution is -2.40. The molecule has 0 heterocycles. The Labute approximate surface area is 161 Å². The summed E-state index contributed by atoms with van der Waals surface area (Å²) < 4.78 is 10.4. The molecule has 1 rings (SSSR count). The molecule has 136 valence electrons. The number of aryl methyl sites for hydroxylation is 1. The molecule has 0 saturated heterocycles. The first-order chi connectivity index (χ1) is 11.0. The molecule has 0 aliphatic rings. The molecule has 0 saturated carbocycles. The first-order valence-corrected chi connectivity index (χ1v) is 7.76. The molecule has 0 aromatic heterocycles. The minimum atomic E-state index is -0.245. The average molecular weight is 449 g/mol. The SMILES string of the molecule is CCOc1cc(C)ccc1CNC(=NC)NCC(C)C(=O)OC.I. The number of ether oxygens (including phenoxy) is 2. The molecule has 0 bridgehead atoms. The van der Waals surface area contributed by atoms with Gasteiger partial charge in [0.15, 0.2) is 5.96 Å². The predicted molar refractivity (Wildman–Crippen MR) is 107 cm³/mol. The highest BCUT2D eigenvalue weighted by atomic mass is 127. The van der Waals surface area contributed by atoms with Crippen LogP contribution in [0.1, 0.15) is 25.0 Å². The fourth-order valence-corrected chi connectivity index (χ4v) is 2.03. The maximum Gasteiger partial charge on any atom is 0.310 e. The highest BCUT2D eigenvalue weighted by Crippen LogP contribution is 2.20. The Morgan fingerprint density at radius 2 is 2.04 bits per heavy atom. The summed E-state index contributed by atoms with van der Waals surface area (Å²) >= 11 is 0.